The maximum Gasteiger partial charge on any atom is 0.326 e. The van der Waals surface area contributed by atoms with Crippen LogP contribution in [0.5, 0.6) is 0 Å². The summed E-state index contributed by atoms with van der Waals surface area (Å²) in [5.41, 5.74) is 24.8. The third-order valence-electron chi connectivity index (χ3n) is 15.0. The Morgan fingerprint density at radius 3 is 1.17 bits per heavy atom. The second kappa shape index (κ2) is 49.6. The van der Waals surface area contributed by atoms with Gasteiger partial charge in [0.05, 0.1) is 44.2 Å². The van der Waals surface area contributed by atoms with Crippen molar-refractivity contribution < 1.29 is 75.7 Å². The molecule has 0 aliphatic carbocycles. The van der Waals surface area contributed by atoms with E-state index in [9.17, 15) is 61.5 Å². The second-order valence-electron chi connectivity index (χ2n) is 22.5. The lowest BCUT2D eigenvalue weighted by Gasteiger charge is -2.32. The van der Waals surface area contributed by atoms with Crippen molar-refractivity contribution in [2.45, 2.75) is 102 Å². The number of hydrogen-bond donors (Lipinski definition) is 9. The number of sulfonamides is 1. The van der Waals surface area contributed by atoms with Gasteiger partial charge in [0.15, 0.2) is 0 Å². The molecule has 0 saturated heterocycles. The molecule has 9 amide bonds. The Bertz CT molecular complexity index is 2780. The zero-order valence-electron chi connectivity index (χ0n) is 56.3. The fourth-order valence-corrected chi connectivity index (χ4v) is 10.2. The van der Waals surface area contributed by atoms with Crippen molar-refractivity contribution in [1.29, 1.82) is 0 Å². The molecule has 33 heteroatoms. The van der Waals surface area contributed by atoms with Crippen molar-refractivity contribution in [3.05, 3.63) is 65.7 Å². The van der Waals surface area contributed by atoms with E-state index in [4.69, 9.17) is 42.3 Å². The number of hydrogen-bond acceptors (Lipinski definition) is 21. The molecule has 0 aliphatic heterocycles. The molecule has 542 valence electrons. The van der Waals surface area contributed by atoms with Crippen LogP contribution in [0.3, 0.4) is 0 Å². The van der Waals surface area contributed by atoms with E-state index < -0.39 is 135 Å². The van der Waals surface area contributed by atoms with E-state index >= 15 is 0 Å². The lowest BCUT2D eigenvalue weighted by molar-refractivity contribution is -0.153. The highest BCUT2D eigenvalue weighted by molar-refractivity contribution is 7.89. The van der Waals surface area contributed by atoms with Crippen LogP contribution >= 0.6 is 12.6 Å². The highest BCUT2D eigenvalue weighted by Gasteiger charge is 2.32. The van der Waals surface area contributed by atoms with Crippen molar-refractivity contribution in [3.63, 3.8) is 0 Å². The van der Waals surface area contributed by atoms with Crippen LogP contribution in [0.25, 0.3) is 0 Å². The van der Waals surface area contributed by atoms with Gasteiger partial charge < -0.3 is 92.1 Å². The first-order chi connectivity index (χ1) is 46.0. The molecule has 0 saturated carbocycles. The molecular weight excluding hydrogens is 1290 g/mol. The van der Waals surface area contributed by atoms with Crippen molar-refractivity contribution in [1.82, 2.24) is 49.8 Å². The fraction of sp³-hybridized carbons (Fsp3) is 0.651. The number of carboxylic acid groups (broad SMARTS) is 1. The Kier molecular flexibility index (Phi) is 44.0. The summed E-state index contributed by atoms with van der Waals surface area (Å²) in [6.07, 6.45) is 4.21. The second-order valence-corrected chi connectivity index (χ2v) is 24.5. The van der Waals surface area contributed by atoms with Crippen LogP contribution in [0.15, 0.2) is 59.5 Å². The summed E-state index contributed by atoms with van der Waals surface area (Å²) in [5, 5.41) is 20.6. The Morgan fingerprint density at radius 1 is 0.469 bits per heavy atom. The summed E-state index contributed by atoms with van der Waals surface area (Å²) >= 11 is 4.08. The largest absolute Gasteiger partial charge is 0.480 e. The quantitative estimate of drug-likeness (QED) is 0.0200. The number of nitrogens with zero attached hydrogens (tertiary/aromatic N) is 8. The van der Waals surface area contributed by atoms with Gasteiger partial charge in [-0.05, 0) is 153 Å². The number of nitrogens with two attached hydrogens (primary N) is 5. The summed E-state index contributed by atoms with van der Waals surface area (Å²) in [5.74, 6) is -7.19. The van der Waals surface area contributed by atoms with Crippen molar-refractivity contribution in [2.75, 3.05) is 170 Å². The molecule has 0 heterocycles. The zero-order chi connectivity index (χ0) is 71.3. The molecule has 1 unspecified atom stereocenters. The molecule has 13 N–H and O–H groups in total. The van der Waals surface area contributed by atoms with Gasteiger partial charge in [0.25, 0.3) is 0 Å². The Balaban J connectivity index is 2.57. The molecule has 96 heavy (non-hydrogen) atoms. The van der Waals surface area contributed by atoms with Gasteiger partial charge in [0.1, 0.15) is 45.9 Å². The molecule has 0 radical (unpaired) electrons. The number of nitrogens with one attached hydrogen (secondary N) is 2. The summed E-state index contributed by atoms with van der Waals surface area (Å²) in [4.78, 5) is 149. The maximum absolute atomic E-state index is 14.8. The first-order valence-corrected chi connectivity index (χ1v) is 34.9. The number of benzene rings is 2. The third kappa shape index (κ3) is 34.8. The first-order valence-electron chi connectivity index (χ1n) is 32.8. The predicted molar refractivity (Wildman–Crippen MR) is 363 cm³/mol. The number of aliphatic carboxylic acids is 1. The van der Waals surface area contributed by atoms with E-state index in [0.29, 0.717) is 76.4 Å². The van der Waals surface area contributed by atoms with E-state index in [2.05, 4.69) is 23.3 Å². The Labute approximate surface area is 571 Å². The standard InChI is InChI=1S/C63H107N15O16S2/c1-4-92-47-76(44-58(83)73(34-16-12-29-66)40-56(81)71(32-14-10-27-64)39-54(79)70-53(26-37-95)63(88)89)61(86)43-74(35-17-13-30-67)57(82)41-75(36-25-51-20-22-52(23-21-51)96(68,90)91)59(84)45-77(48-93-5-2)62(87)46-78(49-94-6-3)60(85)42-72(33-15-11-28-65)55(80)38-69-31-24-50-18-8-7-9-19-50/h7-9,18-23,53,69,95H,4-6,10-17,24-49,64-67H2,1-3H3,(H,70,79)(H,88,89)(H2,68,90,91). The van der Waals surface area contributed by atoms with Crippen LogP contribution in [0.1, 0.15) is 89.7 Å². The number of thiol groups is 1. The molecule has 0 fully saturated rings. The summed E-state index contributed by atoms with van der Waals surface area (Å²) in [6.45, 7) is 1.03. The molecule has 1 atom stereocenters. The topological polar surface area (TPSA) is 433 Å². The van der Waals surface area contributed by atoms with Crippen molar-refractivity contribution in [2.24, 2.45) is 28.1 Å². The van der Waals surface area contributed by atoms with Gasteiger partial charge in [0, 0.05) is 52.5 Å². The fourth-order valence-electron chi connectivity index (χ4n) is 9.41. The monoisotopic (exact) mass is 1390 g/mol. The Morgan fingerprint density at radius 2 is 0.812 bits per heavy atom. The van der Waals surface area contributed by atoms with Crippen LogP contribution in [0.2, 0.25) is 0 Å². The van der Waals surface area contributed by atoms with E-state index in [-0.39, 0.29) is 115 Å². The van der Waals surface area contributed by atoms with Crippen LogP contribution in [-0.4, -0.2) is 288 Å². The number of amides is 9. The van der Waals surface area contributed by atoms with E-state index in [0.717, 1.165) is 25.2 Å². The number of ether oxygens (including phenoxy) is 3. The van der Waals surface area contributed by atoms with Gasteiger partial charge in [-0.1, -0.05) is 42.5 Å². The SMILES string of the molecule is CCOCN(CC(=O)N(CCCCN)CC(=O)N(CCCCN)CC(=O)NC(CCS)C(=O)O)C(=O)CN(CCCCN)C(=O)CN(CCc1ccc(S(N)(=O)=O)cc1)C(=O)CN(COCC)C(=O)CN(COCC)C(=O)CN(CCCCN)C(=O)CNCCc1ccccc1. The summed E-state index contributed by atoms with van der Waals surface area (Å²) in [7, 11) is -4.08. The number of primary sulfonamides is 1. The normalized spacial score (nSPS) is 11.5. The molecule has 0 bridgehead atoms. The van der Waals surface area contributed by atoms with E-state index in [1.165, 1.54) is 43.9 Å². The number of carboxylic acids is 1. The number of unbranched alkanes of at least 4 members (excludes halogenated alkanes) is 4. The minimum Gasteiger partial charge on any atom is -0.480 e. The van der Waals surface area contributed by atoms with Crippen LogP contribution in [0.4, 0.5) is 0 Å². The Hall–Kier alpha value is -6.92. The van der Waals surface area contributed by atoms with Crippen LogP contribution in [-0.2, 0) is 85.0 Å². The molecule has 0 spiro atoms. The van der Waals surface area contributed by atoms with Gasteiger partial charge in [-0.15, -0.1) is 0 Å². The maximum atomic E-state index is 14.8. The van der Waals surface area contributed by atoms with Gasteiger partial charge in [0.2, 0.25) is 63.2 Å². The zero-order valence-corrected chi connectivity index (χ0v) is 58.0. The summed E-state index contributed by atoms with van der Waals surface area (Å²) < 4.78 is 41.3. The van der Waals surface area contributed by atoms with Crippen LogP contribution < -0.4 is 38.7 Å². The molecule has 2 aromatic carbocycles. The van der Waals surface area contributed by atoms with Crippen LogP contribution in [0, 0.1) is 0 Å². The molecular formula is C63H107N15O16S2. The molecule has 2 aromatic rings. The van der Waals surface area contributed by atoms with E-state index in [1.807, 2.05) is 30.3 Å². The van der Waals surface area contributed by atoms with E-state index in [1.54, 1.807) is 20.8 Å². The summed E-state index contributed by atoms with van der Waals surface area (Å²) in [6, 6.07) is 14.0. The number of carbonyl (C=O) groups is 10. The average Bonchev–Trinajstić information content (AvgIpc) is 1.45. The highest BCUT2D eigenvalue weighted by Crippen LogP contribution is 2.13. The lowest BCUT2D eigenvalue weighted by Crippen LogP contribution is -2.53. The molecule has 0 aliphatic rings. The molecule has 0 aromatic heterocycles. The van der Waals surface area contributed by atoms with Crippen molar-refractivity contribution >= 4 is 81.8 Å². The minimum absolute atomic E-state index is 0.0107. The minimum atomic E-state index is -4.08. The number of carbonyl (C=O) groups excluding carboxylic acids is 9. The van der Waals surface area contributed by atoms with Crippen molar-refractivity contribution in [3.8, 4) is 0 Å². The van der Waals surface area contributed by atoms with Gasteiger partial charge in [-0.2, -0.15) is 12.6 Å². The average molecular weight is 1390 g/mol. The predicted octanol–water partition coefficient (Wildman–Crippen LogP) is -1.84. The smallest absolute Gasteiger partial charge is 0.326 e. The number of rotatable bonds is 54. The highest BCUT2D eigenvalue weighted by atomic mass is 32.2. The lowest BCUT2D eigenvalue weighted by atomic mass is 10.1. The van der Waals surface area contributed by atoms with Gasteiger partial charge in [-0.25, -0.2) is 18.4 Å². The first kappa shape index (κ1) is 85.2. The molecule has 2 rings (SSSR count). The van der Waals surface area contributed by atoms with Gasteiger partial charge >= 0.3 is 5.97 Å². The molecule has 31 nitrogen and oxygen atoms in total. The third-order valence-corrected chi connectivity index (χ3v) is 16.2. The van der Waals surface area contributed by atoms with Gasteiger partial charge in [-0.3, -0.25) is 43.2 Å².